The number of hydrogen-bond acceptors (Lipinski definition) is 6. The van der Waals surface area contributed by atoms with Gasteiger partial charge in [-0.25, -0.2) is 13.4 Å². The van der Waals surface area contributed by atoms with E-state index in [0.29, 0.717) is 5.69 Å². The summed E-state index contributed by atoms with van der Waals surface area (Å²) in [7, 11) is -3.48. The van der Waals surface area contributed by atoms with E-state index < -0.39 is 15.7 Å². The Hall–Kier alpha value is -1.90. The highest BCUT2D eigenvalue weighted by Crippen LogP contribution is 2.30. The third kappa shape index (κ3) is 3.45. The summed E-state index contributed by atoms with van der Waals surface area (Å²) in [5.74, 6) is -0.454. The van der Waals surface area contributed by atoms with Gasteiger partial charge in [-0.15, -0.1) is 11.3 Å². The molecule has 8 heteroatoms. The Kier molecular flexibility index (Phi) is 4.62. The van der Waals surface area contributed by atoms with Crippen LogP contribution in [0.2, 0.25) is 0 Å². The predicted octanol–water partition coefficient (Wildman–Crippen LogP) is 3.67. The predicted molar refractivity (Wildman–Crippen MR) is 98.9 cm³/mol. The second-order valence-corrected chi connectivity index (χ2v) is 9.16. The number of nitrogens with one attached hydrogen (secondary N) is 1. The zero-order valence-corrected chi connectivity index (χ0v) is 15.4. The standard InChI is InChI=1S/C16H14N2O3S3/c1-22-16-18-12-8-7-10(9-13(12)23-16)17-15(19)11-5-3-4-6-14(11)24(2,20)21/h3-9H,1-2H3,(H,17,19). The summed E-state index contributed by atoms with van der Waals surface area (Å²) in [6.45, 7) is 0. The summed E-state index contributed by atoms with van der Waals surface area (Å²) in [4.78, 5) is 17.0. The molecule has 0 aliphatic carbocycles. The molecule has 0 bridgehead atoms. The molecule has 3 aromatic rings. The molecule has 0 fully saturated rings. The summed E-state index contributed by atoms with van der Waals surface area (Å²) >= 11 is 3.12. The fraction of sp³-hybridized carbons (Fsp3) is 0.125. The molecule has 24 heavy (non-hydrogen) atoms. The van der Waals surface area contributed by atoms with Crippen molar-refractivity contribution in [2.24, 2.45) is 0 Å². The van der Waals surface area contributed by atoms with Crippen LogP contribution in [0, 0.1) is 0 Å². The maximum atomic E-state index is 12.5. The lowest BCUT2D eigenvalue weighted by molar-refractivity contribution is 0.102. The maximum absolute atomic E-state index is 12.5. The first-order valence-electron chi connectivity index (χ1n) is 6.93. The molecule has 1 heterocycles. The summed E-state index contributed by atoms with van der Waals surface area (Å²) in [6, 6.07) is 11.6. The Morgan fingerprint density at radius 2 is 1.96 bits per heavy atom. The van der Waals surface area contributed by atoms with Crippen LogP contribution in [0.1, 0.15) is 10.4 Å². The van der Waals surface area contributed by atoms with Gasteiger partial charge in [0, 0.05) is 11.9 Å². The Morgan fingerprint density at radius 3 is 2.67 bits per heavy atom. The Labute approximate surface area is 148 Å². The number of carbonyl (C=O) groups excluding carboxylic acids is 1. The highest BCUT2D eigenvalue weighted by molar-refractivity contribution is 8.00. The number of carbonyl (C=O) groups is 1. The van der Waals surface area contributed by atoms with Crippen molar-refractivity contribution in [2.75, 3.05) is 17.8 Å². The number of thiazole rings is 1. The SMILES string of the molecule is CSc1nc2ccc(NC(=O)c3ccccc3S(C)(=O)=O)cc2s1. The van der Waals surface area contributed by atoms with Gasteiger partial charge in [-0.2, -0.15) is 0 Å². The minimum Gasteiger partial charge on any atom is -0.322 e. The maximum Gasteiger partial charge on any atom is 0.256 e. The largest absolute Gasteiger partial charge is 0.322 e. The number of benzene rings is 2. The van der Waals surface area contributed by atoms with Crippen LogP contribution in [-0.2, 0) is 9.84 Å². The topological polar surface area (TPSA) is 76.1 Å². The molecule has 1 amide bonds. The number of rotatable bonds is 4. The molecule has 0 radical (unpaired) electrons. The molecule has 1 aromatic heterocycles. The van der Waals surface area contributed by atoms with Crippen LogP contribution in [-0.4, -0.2) is 31.8 Å². The molecule has 0 aliphatic rings. The Bertz CT molecular complexity index is 1030. The summed E-state index contributed by atoms with van der Waals surface area (Å²) < 4.78 is 25.6. The van der Waals surface area contributed by atoms with Crippen molar-refractivity contribution >= 4 is 54.7 Å². The molecule has 0 unspecified atom stereocenters. The van der Waals surface area contributed by atoms with E-state index in [1.807, 2.05) is 18.4 Å². The van der Waals surface area contributed by atoms with Crippen molar-refractivity contribution in [1.29, 1.82) is 0 Å². The van der Waals surface area contributed by atoms with Gasteiger partial charge < -0.3 is 5.32 Å². The lowest BCUT2D eigenvalue weighted by Crippen LogP contribution is -2.15. The molecule has 1 N–H and O–H groups in total. The number of hydrogen-bond donors (Lipinski definition) is 1. The molecule has 0 spiro atoms. The molecule has 124 valence electrons. The van der Waals surface area contributed by atoms with Crippen LogP contribution >= 0.6 is 23.1 Å². The molecule has 3 rings (SSSR count). The van der Waals surface area contributed by atoms with E-state index in [2.05, 4.69) is 10.3 Å². The van der Waals surface area contributed by atoms with Crippen LogP contribution in [0.15, 0.2) is 51.7 Å². The van der Waals surface area contributed by atoms with Crippen LogP contribution in [0.3, 0.4) is 0 Å². The van der Waals surface area contributed by atoms with Crippen molar-refractivity contribution in [2.45, 2.75) is 9.24 Å². The monoisotopic (exact) mass is 378 g/mol. The van der Waals surface area contributed by atoms with Crippen LogP contribution in [0.4, 0.5) is 5.69 Å². The first kappa shape index (κ1) is 16.9. The Balaban J connectivity index is 1.93. The smallest absolute Gasteiger partial charge is 0.256 e. The van der Waals surface area contributed by atoms with Crippen molar-refractivity contribution in [3.05, 3.63) is 48.0 Å². The van der Waals surface area contributed by atoms with E-state index in [1.54, 1.807) is 41.3 Å². The molecule has 5 nitrogen and oxygen atoms in total. The van der Waals surface area contributed by atoms with E-state index in [1.165, 1.54) is 12.1 Å². The fourth-order valence-electron chi connectivity index (χ4n) is 2.24. The molecule has 2 aromatic carbocycles. The molecule has 0 saturated heterocycles. The number of anilines is 1. The van der Waals surface area contributed by atoms with E-state index in [4.69, 9.17) is 0 Å². The van der Waals surface area contributed by atoms with Crippen molar-refractivity contribution in [3.8, 4) is 0 Å². The lowest BCUT2D eigenvalue weighted by Gasteiger charge is -2.09. The average molecular weight is 379 g/mol. The van der Waals surface area contributed by atoms with Crippen molar-refractivity contribution in [1.82, 2.24) is 4.98 Å². The highest BCUT2D eigenvalue weighted by atomic mass is 32.2. The van der Waals surface area contributed by atoms with Gasteiger partial charge in [0.15, 0.2) is 14.2 Å². The number of sulfone groups is 1. The third-order valence-corrected chi connectivity index (χ3v) is 6.49. The van der Waals surface area contributed by atoms with Crippen LogP contribution < -0.4 is 5.32 Å². The van der Waals surface area contributed by atoms with Crippen molar-refractivity contribution < 1.29 is 13.2 Å². The number of thioether (sulfide) groups is 1. The normalized spacial score (nSPS) is 11.6. The second kappa shape index (κ2) is 6.54. The first-order chi connectivity index (χ1) is 11.4. The summed E-state index contributed by atoms with van der Waals surface area (Å²) in [5.41, 5.74) is 1.61. The minimum atomic E-state index is -3.48. The lowest BCUT2D eigenvalue weighted by atomic mass is 10.2. The minimum absolute atomic E-state index is 0.0195. The summed E-state index contributed by atoms with van der Waals surface area (Å²) in [5, 5.41) is 2.76. The Morgan fingerprint density at radius 1 is 1.21 bits per heavy atom. The average Bonchev–Trinajstić information content (AvgIpc) is 2.96. The van der Waals surface area contributed by atoms with Gasteiger partial charge in [-0.05, 0) is 36.6 Å². The molecule has 0 atom stereocenters. The number of amides is 1. The number of nitrogens with zero attached hydrogens (tertiary/aromatic N) is 1. The summed E-state index contributed by atoms with van der Waals surface area (Å²) in [6.07, 6.45) is 3.05. The first-order valence-corrected chi connectivity index (χ1v) is 10.9. The zero-order valence-electron chi connectivity index (χ0n) is 12.9. The third-order valence-electron chi connectivity index (χ3n) is 3.33. The molecule has 0 aliphatic heterocycles. The van der Waals surface area contributed by atoms with Gasteiger partial charge in [0.1, 0.15) is 0 Å². The van der Waals surface area contributed by atoms with Crippen LogP contribution in [0.5, 0.6) is 0 Å². The van der Waals surface area contributed by atoms with Gasteiger partial charge in [-0.1, -0.05) is 23.9 Å². The van der Waals surface area contributed by atoms with E-state index in [-0.39, 0.29) is 10.5 Å². The van der Waals surface area contributed by atoms with Crippen LogP contribution in [0.25, 0.3) is 10.2 Å². The zero-order chi connectivity index (χ0) is 17.3. The second-order valence-electron chi connectivity index (χ2n) is 5.09. The van der Waals surface area contributed by atoms with E-state index in [0.717, 1.165) is 20.8 Å². The van der Waals surface area contributed by atoms with Gasteiger partial charge in [0.2, 0.25) is 0 Å². The quantitative estimate of drug-likeness (QED) is 0.701. The molecular weight excluding hydrogens is 364 g/mol. The van der Waals surface area contributed by atoms with Gasteiger partial charge in [0.05, 0.1) is 20.7 Å². The van der Waals surface area contributed by atoms with E-state index >= 15 is 0 Å². The highest BCUT2D eigenvalue weighted by Gasteiger charge is 2.18. The fourth-order valence-corrected chi connectivity index (χ4v) is 4.66. The number of aromatic nitrogens is 1. The molecule has 0 saturated carbocycles. The van der Waals surface area contributed by atoms with Gasteiger partial charge in [0.25, 0.3) is 5.91 Å². The van der Waals surface area contributed by atoms with Gasteiger partial charge >= 0.3 is 0 Å². The molecular formula is C16H14N2O3S3. The van der Waals surface area contributed by atoms with Gasteiger partial charge in [-0.3, -0.25) is 4.79 Å². The number of fused-ring (bicyclic) bond motifs is 1. The van der Waals surface area contributed by atoms with E-state index in [9.17, 15) is 13.2 Å². The van der Waals surface area contributed by atoms with Crippen molar-refractivity contribution in [3.63, 3.8) is 0 Å².